The average molecular weight is 508 g/mol. The van der Waals surface area contributed by atoms with Crippen molar-refractivity contribution in [3.63, 3.8) is 0 Å². The summed E-state index contributed by atoms with van der Waals surface area (Å²) in [6.07, 6.45) is -0.803. The van der Waals surface area contributed by atoms with E-state index in [0.29, 0.717) is 36.8 Å². The molecule has 0 aliphatic carbocycles. The van der Waals surface area contributed by atoms with Gasteiger partial charge in [0, 0.05) is 60.7 Å². The largest absolute Gasteiger partial charge is 0.477 e. The molecule has 0 aromatic carbocycles. The highest BCUT2D eigenvalue weighted by atomic mass is 32.2. The number of likely N-dealkylation sites (N-methyl/N-ethyl adjacent to an activating group) is 1. The number of carbonyl (C=O) groups is 3. The first-order valence-corrected chi connectivity index (χ1v) is 13.3. The lowest BCUT2D eigenvalue weighted by Gasteiger charge is -2.46. The van der Waals surface area contributed by atoms with Crippen LogP contribution in [0.4, 0.5) is 5.13 Å². The Morgan fingerprint density at radius 1 is 1.24 bits per heavy atom. The van der Waals surface area contributed by atoms with Gasteiger partial charge in [0.05, 0.1) is 18.1 Å². The quantitative estimate of drug-likeness (QED) is 0.534. The number of thiazole rings is 1. The molecular weight excluding hydrogens is 478 g/mol. The number of aromatic nitrogens is 1. The minimum Gasteiger partial charge on any atom is -0.477 e. The van der Waals surface area contributed by atoms with E-state index in [-0.39, 0.29) is 34.7 Å². The van der Waals surface area contributed by atoms with Crippen molar-refractivity contribution in [3.8, 4) is 0 Å². The van der Waals surface area contributed by atoms with Gasteiger partial charge in [0.25, 0.3) is 5.91 Å². The maximum absolute atomic E-state index is 12.8. The number of carboxylic acids is 1. The molecule has 5 rings (SSSR count). The van der Waals surface area contributed by atoms with E-state index in [1.165, 1.54) is 28.0 Å². The number of fused-ring (bicyclic) bond motifs is 1. The van der Waals surface area contributed by atoms with Gasteiger partial charge in [-0.3, -0.25) is 9.59 Å². The van der Waals surface area contributed by atoms with Crippen molar-refractivity contribution in [3.05, 3.63) is 21.7 Å². The van der Waals surface area contributed by atoms with Crippen LogP contribution in [0.3, 0.4) is 0 Å². The Morgan fingerprint density at radius 3 is 2.53 bits per heavy atom. The molecule has 0 saturated carbocycles. The predicted molar refractivity (Wildman–Crippen MR) is 129 cm³/mol. The first-order chi connectivity index (χ1) is 16.2. The molecule has 34 heavy (non-hydrogen) atoms. The zero-order valence-corrected chi connectivity index (χ0v) is 21.0. The molecule has 5 heterocycles. The van der Waals surface area contributed by atoms with Gasteiger partial charge < -0.3 is 29.8 Å². The maximum atomic E-state index is 12.8. The number of aliphatic carboxylic acids is 1. The first-order valence-electron chi connectivity index (χ1n) is 11.5. The van der Waals surface area contributed by atoms with E-state index in [4.69, 9.17) is 0 Å². The van der Waals surface area contributed by atoms with Crippen molar-refractivity contribution >= 4 is 46.0 Å². The Morgan fingerprint density at radius 2 is 1.91 bits per heavy atom. The molecule has 4 atom stereocenters. The van der Waals surface area contributed by atoms with Crippen molar-refractivity contribution in [2.24, 2.45) is 11.8 Å². The summed E-state index contributed by atoms with van der Waals surface area (Å²) in [6, 6.07) is -0.292. The monoisotopic (exact) mass is 507 g/mol. The summed E-state index contributed by atoms with van der Waals surface area (Å²) in [6.45, 7) is 8.05. The molecule has 2 N–H and O–H groups in total. The van der Waals surface area contributed by atoms with Gasteiger partial charge in [-0.15, -0.1) is 23.1 Å². The third kappa shape index (κ3) is 3.80. The fourth-order valence-corrected chi connectivity index (χ4v) is 7.55. The predicted octanol–water partition coefficient (Wildman–Crippen LogP) is 0.606. The summed E-state index contributed by atoms with van der Waals surface area (Å²) in [4.78, 5) is 50.0. The molecule has 12 heteroatoms. The molecule has 184 valence electrons. The fraction of sp³-hybridized carbons (Fsp3) is 0.636. The molecule has 0 spiro atoms. The number of anilines is 1. The van der Waals surface area contributed by atoms with Crippen LogP contribution in [-0.4, -0.2) is 111 Å². The van der Waals surface area contributed by atoms with Crippen molar-refractivity contribution in [2.45, 2.75) is 31.2 Å². The molecule has 4 aliphatic heterocycles. The van der Waals surface area contributed by atoms with Gasteiger partial charge in [-0.25, -0.2) is 9.78 Å². The van der Waals surface area contributed by atoms with E-state index in [1.54, 1.807) is 6.92 Å². The van der Waals surface area contributed by atoms with Crippen molar-refractivity contribution in [1.82, 2.24) is 19.7 Å². The van der Waals surface area contributed by atoms with Crippen molar-refractivity contribution < 1.29 is 24.6 Å². The highest BCUT2D eigenvalue weighted by Crippen LogP contribution is 2.52. The summed E-state index contributed by atoms with van der Waals surface area (Å²) in [5.41, 5.74) is 0.546. The number of piperazine rings is 1. The molecule has 2 amide bonds. The molecule has 3 fully saturated rings. The number of hydrogen-bond donors (Lipinski definition) is 2. The van der Waals surface area contributed by atoms with Gasteiger partial charge in [-0.1, -0.05) is 6.92 Å². The number of carbonyl (C=O) groups excluding carboxylic acids is 2. The van der Waals surface area contributed by atoms with Crippen LogP contribution in [0.1, 0.15) is 24.3 Å². The number of aliphatic hydroxyl groups excluding tert-OH is 1. The molecule has 1 aromatic rings. The zero-order valence-electron chi connectivity index (χ0n) is 19.4. The second kappa shape index (κ2) is 8.81. The molecule has 4 aliphatic rings. The van der Waals surface area contributed by atoms with Gasteiger partial charge in [-0.2, -0.15) is 0 Å². The van der Waals surface area contributed by atoms with Crippen LogP contribution in [0.5, 0.6) is 0 Å². The lowest BCUT2D eigenvalue weighted by Crippen LogP contribution is -2.63. The molecule has 0 radical (unpaired) electrons. The van der Waals surface area contributed by atoms with Crippen molar-refractivity contribution in [1.29, 1.82) is 0 Å². The van der Waals surface area contributed by atoms with Gasteiger partial charge in [0.15, 0.2) is 5.13 Å². The molecule has 1 aromatic heterocycles. The van der Waals surface area contributed by atoms with E-state index in [1.807, 2.05) is 24.3 Å². The summed E-state index contributed by atoms with van der Waals surface area (Å²) in [7, 11) is 2.05. The Bertz CT molecular complexity index is 1040. The summed E-state index contributed by atoms with van der Waals surface area (Å²) in [5.74, 6) is -2.12. The normalized spacial score (nSPS) is 28.6. The lowest BCUT2D eigenvalue weighted by atomic mass is 9.79. The second-order valence-corrected chi connectivity index (χ2v) is 11.7. The number of thioether (sulfide) groups is 1. The third-order valence-electron chi connectivity index (χ3n) is 7.22. The molecule has 10 nitrogen and oxygen atoms in total. The summed E-state index contributed by atoms with van der Waals surface area (Å²) >= 11 is 2.97. The van der Waals surface area contributed by atoms with E-state index in [2.05, 4.69) is 14.8 Å². The smallest absolute Gasteiger partial charge is 0.353 e. The SMILES string of the molecule is C[C@@H](O)[C@H]1C(=O)N2C(C(=O)O)=C(SC3CN(c4nc(C(=O)N5CCN(C)CC5)cs4)C3)[C@H](C)[C@H]12. The molecule has 0 bridgehead atoms. The van der Waals surface area contributed by atoms with Crippen LogP contribution in [0.15, 0.2) is 16.0 Å². The third-order valence-corrected chi connectivity index (χ3v) is 9.58. The summed E-state index contributed by atoms with van der Waals surface area (Å²) in [5, 5.41) is 22.6. The van der Waals surface area contributed by atoms with Crippen LogP contribution >= 0.6 is 23.1 Å². The Hall–Kier alpha value is -2.15. The van der Waals surface area contributed by atoms with Gasteiger partial charge in [0.1, 0.15) is 11.4 Å². The highest BCUT2D eigenvalue weighted by molar-refractivity contribution is 8.03. The number of amides is 2. The number of hydrogen-bond acceptors (Lipinski definition) is 9. The Balaban J connectivity index is 1.21. The number of β-lactam (4-membered cyclic amide) rings is 1. The number of aliphatic hydroxyl groups is 1. The summed E-state index contributed by atoms with van der Waals surface area (Å²) < 4.78 is 0. The minimum absolute atomic E-state index is 0.0278. The average Bonchev–Trinajstić information content (AvgIpc) is 3.32. The van der Waals surface area contributed by atoms with E-state index in [9.17, 15) is 24.6 Å². The second-order valence-electron chi connectivity index (χ2n) is 9.53. The molecule has 0 unspecified atom stereocenters. The first kappa shape index (κ1) is 23.6. The number of nitrogens with zero attached hydrogens (tertiary/aromatic N) is 5. The molecular formula is C22H29N5O5S2. The number of rotatable bonds is 6. The van der Waals surface area contributed by atoms with Crippen LogP contribution in [-0.2, 0) is 9.59 Å². The van der Waals surface area contributed by atoms with E-state index in [0.717, 1.165) is 18.2 Å². The van der Waals surface area contributed by atoms with Crippen LogP contribution in [0.2, 0.25) is 0 Å². The lowest BCUT2D eigenvalue weighted by molar-refractivity contribution is -0.163. The van der Waals surface area contributed by atoms with Crippen LogP contribution in [0, 0.1) is 11.8 Å². The van der Waals surface area contributed by atoms with Crippen LogP contribution < -0.4 is 4.90 Å². The van der Waals surface area contributed by atoms with E-state index < -0.39 is 18.0 Å². The highest BCUT2D eigenvalue weighted by Gasteiger charge is 2.60. The van der Waals surface area contributed by atoms with Crippen LogP contribution in [0.25, 0.3) is 0 Å². The van der Waals surface area contributed by atoms with Gasteiger partial charge in [0.2, 0.25) is 5.91 Å². The fourth-order valence-electron chi connectivity index (χ4n) is 5.21. The Kier molecular flexibility index (Phi) is 6.11. The van der Waals surface area contributed by atoms with Gasteiger partial charge in [-0.05, 0) is 14.0 Å². The zero-order chi connectivity index (χ0) is 24.3. The standard InChI is InChI=1S/C22H29N5O5S2/c1-11-16-15(12(2)28)20(30)27(16)17(21(31)32)18(11)34-13-8-26(9-13)22-23-14(10-33-22)19(29)25-6-4-24(3)5-7-25/h10-13,15-16,28H,4-9H2,1-3H3,(H,31,32)/t11-,12-,15-,16-/m1/s1. The van der Waals surface area contributed by atoms with Gasteiger partial charge >= 0.3 is 5.97 Å². The van der Waals surface area contributed by atoms with E-state index >= 15 is 0 Å². The molecule has 3 saturated heterocycles. The maximum Gasteiger partial charge on any atom is 0.353 e. The minimum atomic E-state index is -1.10. The Labute approximate surface area is 206 Å². The number of carboxylic acid groups (broad SMARTS) is 1. The van der Waals surface area contributed by atoms with Crippen molar-refractivity contribution in [2.75, 3.05) is 51.2 Å². The topological polar surface area (TPSA) is 118 Å².